The van der Waals surface area contributed by atoms with Gasteiger partial charge in [-0.1, -0.05) is 12.1 Å². The normalized spacial score (nSPS) is 10.8. The topological polar surface area (TPSA) is 41.3 Å². The van der Waals surface area contributed by atoms with Crippen LogP contribution in [0.5, 0.6) is 0 Å². The van der Waals surface area contributed by atoms with Crippen LogP contribution in [0.25, 0.3) is 0 Å². The molecule has 0 saturated carbocycles. The van der Waals surface area contributed by atoms with Gasteiger partial charge in [-0.05, 0) is 44.2 Å². The summed E-state index contributed by atoms with van der Waals surface area (Å²) in [5.74, 6) is 0.591. The zero-order chi connectivity index (χ0) is 15.1. The zero-order valence-electron chi connectivity index (χ0n) is 12.6. The fourth-order valence-electron chi connectivity index (χ4n) is 2.13. The molecule has 0 bridgehead atoms. The van der Waals surface area contributed by atoms with Crippen molar-refractivity contribution in [3.63, 3.8) is 0 Å². The first-order chi connectivity index (χ1) is 10.2. The SMILES string of the molecule is CCCNCc1cc(CN(CC)c2ccc(F)cc2)on1. The molecular weight excluding hydrogens is 269 g/mol. The fourth-order valence-corrected chi connectivity index (χ4v) is 2.13. The fraction of sp³-hybridized carbons (Fsp3) is 0.438. The van der Waals surface area contributed by atoms with E-state index in [1.807, 2.05) is 6.07 Å². The Morgan fingerprint density at radius 2 is 2.00 bits per heavy atom. The molecular formula is C16H22FN3O. The Balaban J connectivity index is 1.97. The first-order valence-corrected chi connectivity index (χ1v) is 7.38. The summed E-state index contributed by atoms with van der Waals surface area (Å²) >= 11 is 0. The third kappa shape index (κ3) is 4.56. The molecule has 2 aromatic rings. The van der Waals surface area contributed by atoms with Gasteiger partial charge in [0.05, 0.1) is 12.2 Å². The first kappa shape index (κ1) is 15.5. The van der Waals surface area contributed by atoms with Crippen molar-refractivity contribution in [2.24, 2.45) is 0 Å². The van der Waals surface area contributed by atoms with Crippen LogP contribution >= 0.6 is 0 Å². The molecule has 114 valence electrons. The van der Waals surface area contributed by atoms with Crippen LogP contribution in [0.2, 0.25) is 0 Å². The van der Waals surface area contributed by atoms with Gasteiger partial charge >= 0.3 is 0 Å². The van der Waals surface area contributed by atoms with E-state index in [4.69, 9.17) is 4.52 Å². The first-order valence-electron chi connectivity index (χ1n) is 7.38. The van der Waals surface area contributed by atoms with Crippen LogP contribution in [0.1, 0.15) is 31.7 Å². The van der Waals surface area contributed by atoms with Gasteiger partial charge in [-0.3, -0.25) is 0 Å². The molecule has 0 spiro atoms. The second-order valence-corrected chi connectivity index (χ2v) is 4.95. The Morgan fingerprint density at radius 3 is 2.67 bits per heavy atom. The molecule has 0 aliphatic carbocycles. The minimum absolute atomic E-state index is 0.223. The molecule has 1 aromatic carbocycles. The van der Waals surface area contributed by atoms with E-state index >= 15 is 0 Å². The van der Waals surface area contributed by atoms with Crippen molar-refractivity contribution in [3.05, 3.63) is 47.6 Å². The molecule has 21 heavy (non-hydrogen) atoms. The number of hydrogen-bond donors (Lipinski definition) is 1. The summed E-state index contributed by atoms with van der Waals surface area (Å²) in [6.07, 6.45) is 1.10. The summed E-state index contributed by atoms with van der Waals surface area (Å²) in [6.45, 7) is 7.32. The Kier molecular flexibility index (Phi) is 5.75. The molecule has 5 heteroatoms. The zero-order valence-corrected chi connectivity index (χ0v) is 12.6. The number of halogens is 1. The highest BCUT2D eigenvalue weighted by atomic mass is 19.1. The summed E-state index contributed by atoms with van der Waals surface area (Å²) in [5, 5.41) is 7.35. The molecule has 0 atom stereocenters. The van der Waals surface area contributed by atoms with Crippen molar-refractivity contribution < 1.29 is 8.91 Å². The molecule has 0 aliphatic heterocycles. The lowest BCUT2D eigenvalue weighted by atomic mass is 10.2. The molecule has 1 heterocycles. The van der Waals surface area contributed by atoms with Crippen molar-refractivity contribution in [2.75, 3.05) is 18.0 Å². The number of nitrogens with zero attached hydrogens (tertiary/aromatic N) is 2. The summed E-state index contributed by atoms with van der Waals surface area (Å²) in [7, 11) is 0. The molecule has 4 nitrogen and oxygen atoms in total. The van der Waals surface area contributed by atoms with Crippen LogP contribution in [-0.4, -0.2) is 18.2 Å². The quantitative estimate of drug-likeness (QED) is 0.757. The molecule has 0 aliphatic rings. The molecule has 0 saturated heterocycles. The van der Waals surface area contributed by atoms with Gasteiger partial charge in [0, 0.05) is 24.8 Å². The van der Waals surface area contributed by atoms with E-state index in [1.54, 1.807) is 12.1 Å². The third-order valence-electron chi connectivity index (χ3n) is 3.26. The largest absolute Gasteiger partial charge is 0.364 e. The third-order valence-corrected chi connectivity index (χ3v) is 3.26. The predicted molar refractivity (Wildman–Crippen MR) is 81.6 cm³/mol. The van der Waals surface area contributed by atoms with Crippen LogP contribution in [0.15, 0.2) is 34.9 Å². The second kappa shape index (κ2) is 7.78. The maximum absolute atomic E-state index is 13.0. The Hall–Kier alpha value is -1.88. The monoisotopic (exact) mass is 291 g/mol. The van der Waals surface area contributed by atoms with Crippen LogP contribution in [0.3, 0.4) is 0 Å². The Labute approximate surface area is 124 Å². The Morgan fingerprint density at radius 1 is 1.24 bits per heavy atom. The number of rotatable bonds is 8. The Bertz CT molecular complexity index is 539. The molecule has 1 aromatic heterocycles. The van der Waals surface area contributed by atoms with Crippen molar-refractivity contribution in [1.82, 2.24) is 10.5 Å². The highest BCUT2D eigenvalue weighted by Gasteiger charge is 2.10. The lowest BCUT2D eigenvalue weighted by Crippen LogP contribution is -2.21. The maximum Gasteiger partial charge on any atom is 0.156 e. The van der Waals surface area contributed by atoms with Gasteiger partial charge in [0.25, 0.3) is 0 Å². The standard InChI is InChI=1S/C16H22FN3O/c1-3-9-18-11-14-10-16(21-19-14)12-20(4-2)15-7-5-13(17)6-8-15/h5-8,10,18H,3-4,9,11-12H2,1-2H3. The van der Waals surface area contributed by atoms with E-state index in [0.717, 1.165) is 43.2 Å². The number of hydrogen-bond acceptors (Lipinski definition) is 4. The molecule has 2 rings (SSSR count). The number of benzene rings is 1. The lowest BCUT2D eigenvalue weighted by molar-refractivity contribution is 0.373. The molecule has 1 N–H and O–H groups in total. The van der Waals surface area contributed by atoms with E-state index in [0.29, 0.717) is 6.54 Å². The van der Waals surface area contributed by atoms with Crippen LogP contribution in [0, 0.1) is 5.82 Å². The second-order valence-electron chi connectivity index (χ2n) is 4.95. The van der Waals surface area contributed by atoms with Crippen LogP contribution < -0.4 is 10.2 Å². The van der Waals surface area contributed by atoms with E-state index in [2.05, 4.69) is 29.2 Å². The predicted octanol–water partition coefficient (Wildman–Crippen LogP) is 3.34. The van der Waals surface area contributed by atoms with Gasteiger partial charge < -0.3 is 14.7 Å². The van der Waals surface area contributed by atoms with Gasteiger partial charge in [0.2, 0.25) is 0 Å². The van der Waals surface area contributed by atoms with Gasteiger partial charge in [-0.15, -0.1) is 0 Å². The van der Waals surface area contributed by atoms with Crippen LogP contribution in [0.4, 0.5) is 10.1 Å². The average molecular weight is 291 g/mol. The summed E-state index contributed by atoms with van der Waals surface area (Å²) < 4.78 is 18.3. The highest BCUT2D eigenvalue weighted by molar-refractivity contribution is 5.46. The molecule has 0 amide bonds. The van der Waals surface area contributed by atoms with E-state index in [-0.39, 0.29) is 5.82 Å². The van der Waals surface area contributed by atoms with Gasteiger partial charge in [0.15, 0.2) is 5.76 Å². The van der Waals surface area contributed by atoms with E-state index in [1.165, 1.54) is 12.1 Å². The van der Waals surface area contributed by atoms with E-state index < -0.39 is 0 Å². The summed E-state index contributed by atoms with van der Waals surface area (Å²) in [5.41, 5.74) is 1.88. The summed E-state index contributed by atoms with van der Waals surface area (Å²) in [6, 6.07) is 8.46. The molecule has 0 unspecified atom stereocenters. The summed E-state index contributed by atoms with van der Waals surface area (Å²) in [4.78, 5) is 2.11. The highest BCUT2D eigenvalue weighted by Crippen LogP contribution is 2.18. The van der Waals surface area contributed by atoms with E-state index in [9.17, 15) is 4.39 Å². The van der Waals surface area contributed by atoms with Crippen molar-refractivity contribution in [2.45, 2.75) is 33.4 Å². The van der Waals surface area contributed by atoms with Gasteiger partial charge in [-0.25, -0.2) is 4.39 Å². The minimum atomic E-state index is -0.223. The minimum Gasteiger partial charge on any atom is -0.364 e. The van der Waals surface area contributed by atoms with Gasteiger partial charge in [0.1, 0.15) is 5.82 Å². The van der Waals surface area contributed by atoms with Crippen molar-refractivity contribution in [3.8, 4) is 0 Å². The van der Waals surface area contributed by atoms with Gasteiger partial charge in [-0.2, -0.15) is 0 Å². The van der Waals surface area contributed by atoms with Crippen molar-refractivity contribution >= 4 is 5.69 Å². The van der Waals surface area contributed by atoms with Crippen LogP contribution in [-0.2, 0) is 13.1 Å². The number of anilines is 1. The van der Waals surface area contributed by atoms with Crippen molar-refractivity contribution in [1.29, 1.82) is 0 Å². The molecule has 0 radical (unpaired) electrons. The average Bonchev–Trinajstić information content (AvgIpc) is 2.94. The number of aromatic nitrogens is 1. The lowest BCUT2D eigenvalue weighted by Gasteiger charge is -2.21. The number of nitrogens with one attached hydrogen (secondary N) is 1. The smallest absolute Gasteiger partial charge is 0.156 e. The molecule has 0 fully saturated rings. The maximum atomic E-state index is 13.0.